The molecule has 2 N–H and O–H groups in total. The van der Waals surface area contributed by atoms with Crippen molar-refractivity contribution in [1.82, 2.24) is 20.4 Å². The Balaban J connectivity index is 1.57. The van der Waals surface area contributed by atoms with Gasteiger partial charge >= 0.3 is 12.1 Å². The van der Waals surface area contributed by atoms with Crippen LogP contribution in [0, 0.1) is 10.8 Å². The molecule has 3 fully saturated rings. The minimum Gasteiger partial charge on any atom is -0.372 e. The lowest BCUT2D eigenvalue weighted by Gasteiger charge is -2.47. The van der Waals surface area contributed by atoms with Crippen molar-refractivity contribution in [3.05, 3.63) is 0 Å². The molecule has 8 heteroatoms. The molecule has 2 heterocycles. The first kappa shape index (κ1) is 25.1. The third kappa shape index (κ3) is 6.73. The molecule has 0 spiro atoms. The predicted octanol–water partition coefficient (Wildman–Crippen LogP) is 3.21. The number of rotatable bonds is 3. The number of urea groups is 2. The first-order valence-corrected chi connectivity index (χ1v) is 12.2. The van der Waals surface area contributed by atoms with Gasteiger partial charge in [0.05, 0.1) is 24.4 Å². The van der Waals surface area contributed by atoms with E-state index in [4.69, 9.17) is 9.47 Å². The highest BCUT2D eigenvalue weighted by Gasteiger charge is 2.42. The minimum absolute atomic E-state index is 0.00243. The lowest BCUT2D eigenvalue weighted by Crippen LogP contribution is -2.57. The number of nitrogens with one attached hydrogen (secondary N) is 2. The summed E-state index contributed by atoms with van der Waals surface area (Å²) in [4.78, 5) is 29.6. The van der Waals surface area contributed by atoms with Crippen LogP contribution in [0.1, 0.15) is 67.7 Å². The molecule has 0 unspecified atom stereocenters. The highest BCUT2D eigenvalue weighted by Crippen LogP contribution is 2.45. The first-order valence-electron chi connectivity index (χ1n) is 12.2. The zero-order valence-electron chi connectivity index (χ0n) is 21.1. The molecular weight excluding hydrogens is 408 g/mol. The van der Waals surface area contributed by atoms with Gasteiger partial charge in [0.1, 0.15) is 0 Å². The first-order chi connectivity index (χ1) is 14.8. The van der Waals surface area contributed by atoms with Crippen molar-refractivity contribution < 1.29 is 19.1 Å². The van der Waals surface area contributed by atoms with Gasteiger partial charge in [0, 0.05) is 38.8 Å². The molecular formula is C24H44N4O4. The number of ether oxygens (including phenoxy) is 2. The van der Waals surface area contributed by atoms with E-state index in [2.05, 4.69) is 31.4 Å². The SMILES string of the molecule is C[C@@H]1CN(C(=O)NC[C@]2(C)C[C@H](NC(=O)N3C[C@@H](C)O[C@@H](C)C3)CC(C)(C)C2)C[C@@H](C)O1. The Morgan fingerprint density at radius 3 is 1.78 bits per heavy atom. The van der Waals surface area contributed by atoms with E-state index in [-0.39, 0.29) is 53.3 Å². The highest BCUT2D eigenvalue weighted by atomic mass is 16.5. The smallest absolute Gasteiger partial charge is 0.317 e. The van der Waals surface area contributed by atoms with Gasteiger partial charge in [0.25, 0.3) is 0 Å². The summed E-state index contributed by atoms with van der Waals surface area (Å²) in [6, 6.07) is 0.0656. The van der Waals surface area contributed by atoms with Crippen molar-refractivity contribution in [2.45, 2.75) is 98.2 Å². The van der Waals surface area contributed by atoms with Gasteiger partial charge in [-0.3, -0.25) is 0 Å². The average molecular weight is 453 g/mol. The molecule has 184 valence electrons. The van der Waals surface area contributed by atoms with Crippen LogP contribution in [0.15, 0.2) is 0 Å². The number of morpholine rings is 2. The maximum Gasteiger partial charge on any atom is 0.317 e. The summed E-state index contributed by atoms with van der Waals surface area (Å²) in [6.07, 6.45) is 3.02. The van der Waals surface area contributed by atoms with E-state index in [1.807, 2.05) is 37.5 Å². The molecule has 6 atom stereocenters. The van der Waals surface area contributed by atoms with Crippen molar-refractivity contribution in [2.75, 3.05) is 32.7 Å². The molecule has 0 bridgehead atoms. The van der Waals surface area contributed by atoms with Crippen LogP contribution in [-0.2, 0) is 9.47 Å². The number of hydrogen-bond acceptors (Lipinski definition) is 4. The summed E-state index contributed by atoms with van der Waals surface area (Å²) in [5, 5.41) is 6.48. The zero-order chi connectivity index (χ0) is 23.7. The van der Waals surface area contributed by atoms with Gasteiger partial charge in [-0.15, -0.1) is 0 Å². The van der Waals surface area contributed by atoms with Crippen LogP contribution in [0.2, 0.25) is 0 Å². The van der Waals surface area contributed by atoms with Gasteiger partial charge in [-0.1, -0.05) is 20.8 Å². The number of carbonyl (C=O) groups excluding carboxylic acids is 2. The molecule has 0 aromatic carbocycles. The summed E-state index contributed by atoms with van der Waals surface area (Å²) in [5.41, 5.74) is 0.00767. The molecule has 2 aliphatic heterocycles. The van der Waals surface area contributed by atoms with Gasteiger partial charge in [-0.05, 0) is 57.8 Å². The van der Waals surface area contributed by atoms with Crippen molar-refractivity contribution in [3.8, 4) is 0 Å². The van der Waals surface area contributed by atoms with Crippen LogP contribution in [0.4, 0.5) is 9.59 Å². The fraction of sp³-hybridized carbons (Fsp3) is 0.917. The zero-order valence-corrected chi connectivity index (χ0v) is 21.1. The number of hydrogen-bond donors (Lipinski definition) is 2. The molecule has 4 amide bonds. The van der Waals surface area contributed by atoms with Crippen LogP contribution >= 0.6 is 0 Å². The molecule has 3 aliphatic rings. The number of amides is 4. The molecule has 0 aromatic rings. The monoisotopic (exact) mass is 452 g/mol. The summed E-state index contributed by atoms with van der Waals surface area (Å²) in [6.45, 7) is 17.9. The second kappa shape index (κ2) is 9.75. The van der Waals surface area contributed by atoms with Crippen LogP contribution in [-0.4, -0.2) is 85.0 Å². The lowest BCUT2D eigenvalue weighted by atomic mass is 9.62. The van der Waals surface area contributed by atoms with Crippen LogP contribution < -0.4 is 10.6 Å². The summed E-state index contributed by atoms with van der Waals surface area (Å²) in [7, 11) is 0. The molecule has 0 aromatic heterocycles. The topological polar surface area (TPSA) is 83.1 Å². The van der Waals surface area contributed by atoms with Crippen molar-refractivity contribution in [1.29, 1.82) is 0 Å². The van der Waals surface area contributed by atoms with E-state index in [1.165, 1.54) is 0 Å². The quantitative estimate of drug-likeness (QED) is 0.689. The van der Waals surface area contributed by atoms with E-state index in [0.29, 0.717) is 32.7 Å². The van der Waals surface area contributed by atoms with Crippen molar-refractivity contribution in [3.63, 3.8) is 0 Å². The number of nitrogens with zero attached hydrogens (tertiary/aromatic N) is 2. The van der Waals surface area contributed by atoms with Crippen molar-refractivity contribution >= 4 is 12.1 Å². The Hall–Kier alpha value is -1.54. The second-order valence-corrected chi connectivity index (χ2v) is 11.7. The molecule has 1 saturated carbocycles. The summed E-state index contributed by atoms with van der Waals surface area (Å²) >= 11 is 0. The fourth-order valence-corrected chi connectivity index (χ4v) is 6.22. The summed E-state index contributed by atoms with van der Waals surface area (Å²) in [5.74, 6) is 0. The second-order valence-electron chi connectivity index (χ2n) is 11.7. The van der Waals surface area contributed by atoms with E-state index in [0.717, 1.165) is 19.3 Å². The molecule has 32 heavy (non-hydrogen) atoms. The predicted molar refractivity (Wildman–Crippen MR) is 125 cm³/mol. The Morgan fingerprint density at radius 2 is 1.28 bits per heavy atom. The van der Waals surface area contributed by atoms with Gasteiger partial charge in [-0.25, -0.2) is 9.59 Å². The van der Waals surface area contributed by atoms with Gasteiger partial charge in [-0.2, -0.15) is 0 Å². The highest BCUT2D eigenvalue weighted by molar-refractivity contribution is 5.75. The standard InChI is InChI=1S/C24H44N4O4/c1-16-10-27(11-17(2)31-16)21(29)25-15-24(7)9-20(8-23(5,6)14-24)26-22(30)28-12-18(3)32-19(4)13-28/h16-20H,8-15H2,1-7H3,(H,25,29)(H,26,30)/t16-,17-,18-,19+,20-,24-/m1/s1. The van der Waals surface area contributed by atoms with Crippen LogP contribution in [0.5, 0.6) is 0 Å². The van der Waals surface area contributed by atoms with E-state index < -0.39 is 0 Å². The minimum atomic E-state index is -0.0789. The normalized spacial score (nSPS) is 37.7. The Bertz CT molecular complexity index is 667. The third-order valence-corrected chi connectivity index (χ3v) is 6.85. The largest absolute Gasteiger partial charge is 0.372 e. The third-order valence-electron chi connectivity index (χ3n) is 6.85. The molecule has 1 aliphatic carbocycles. The Kier molecular flexibility index (Phi) is 7.65. The van der Waals surface area contributed by atoms with E-state index in [1.54, 1.807) is 0 Å². The van der Waals surface area contributed by atoms with Crippen LogP contribution in [0.25, 0.3) is 0 Å². The molecule has 0 radical (unpaired) electrons. The summed E-state index contributed by atoms with van der Waals surface area (Å²) < 4.78 is 11.5. The van der Waals surface area contributed by atoms with Gasteiger partial charge in [0.15, 0.2) is 0 Å². The number of carbonyl (C=O) groups is 2. The van der Waals surface area contributed by atoms with Gasteiger partial charge < -0.3 is 29.9 Å². The molecule has 2 saturated heterocycles. The van der Waals surface area contributed by atoms with E-state index in [9.17, 15) is 9.59 Å². The average Bonchev–Trinajstić information content (AvgIpc) is 2.63. The maximum atomic E-state index is 13.0. The fourth-order valence-electron chi connectivity index (χ4n) is 6.22. The Labute approximate surface area is 193 Å². The maximum absolute atomic E-state index is 13.0. The molecule has 8 nitrogen and oxygen atoms in total. The molecule has 3 rings (SSSR count). The lowest BCUT2D eigenvalue weighted by molar-refractivity contribution is -0.0558. The van der Waals surface area contributed by atoms with Crippen molar-refractivity contribution in [2.24, 2.45) is 10.8 Å². The van der Waals surface area contributed by atoms with Crippen LogP contribution in [0.3, 0.4) is 0 Å². The van der Waals surface area contributed by atoms with E-state index >= 15 is 0 Å². The van der Waals surface area contributed by atoms with Gasteiger partial charge in [0.2, 0.25) is 0 Å². The Morgan fingerprint density at radius 1 is 0.812 bits per heavy atom.